The Balaban J connectivity index is 3.00. The highest BCUT2D eigenvalue weighted by molar-refractivity contribution is 5.31. The summed E-state index contributed by atoms with van der Waals surface area (Å²) in [6.45, 7) is 4.20. The van der Waals surface area contributed by atoms with E-state index in [4.69, 9.17) is 4.74 Å². The van der Waals surface area contributed by atoms with E-state index in [2.05, 4.69) is 19.2 Å². The Labute approximate surface area is 90.4 Å². The molecule has 0 radical (unpaired) electrons. The molecule has 84 valence electrons. The van der Waals surface area contributed by atoms with E-state index in [0.29, 0.717) is 5.92 Å². The van der Waals surface area contributed by atoms with Gasteiger partial charge in [-0.2, -0.15) is 0 Å². The first-order valence-corrected chi connectivity index (χ1v) is 5.10. The van der Waals surface area contributed by atoms with Gasteiger partial charge in [-0.15, -0.1) is 0 Å². The molecule has 0 saturated carbocycles. The predicted octanol–water partition coefficient (Wildman–Crippen LogP) is 2.75. The first-order valence-electron chi connectivity index (χ1n) is 5.10. The Morgan fingerprint density at radius 2 is 2.00 bits per heavy atom. The van der Waals surface area contributed by atoms with E-state index in [1.807, 2.05) is 13.1 Å². The third-order valence-electron chi connectivity index (χ3n) is 2.51. The molecule has 0 aliphatic heterocycles. The van der Waals surface area contributed by atoms with Crippen molar-refractivity contribution < 1.29 is 9.13 Å². The largest absolute Gasteiger partial charge is 0.494 e. The van der Waals surface area contributed by atoms with E-state index < -0.39 is 0 Å². The lowest BCUT2D eigenvalue weighted by Gasteiger charge is -2.21. The van der Waals surface area contributed by atoms with Crippen molar-refractivity contribution in [3.05, 3.63) is 29.6 Å². The minimum atomic E-state index is -0.309. The Bertz CT molecular complexity index is 325. The molecule has 1 N–H and O–H groups in total. The van der Waals surface area contributed by atoms with Crippen molar-refractivity contribution in [3.8, 4) is 5.75 Å². The number of benzene rings is 1. The van der Waals surface area contributed by atoms with E-state index >= 15 is 0 Å². The van der Waals surface area contributed by atoms with Gasteiger partial charge in [-0.05, 0) is 30.7 Å². The molecule has 2 nitrogen and oxygen atoms in total. The van der Waals surface area contributed by atoms with Crippen LogP contribution in [0, 0.1) is 11.7 Å². The van der Waals surface area contributed by atoms with Crippen LogP contribution in [0.1, 0.15) is 25.5 Å². The van der Waals surface area contributed by atoms with Gasteiger partial charge in [0.25, 0.3) is 0 Å². The molecule has 1 rings (SSSR count). The quantitative estimate of drug-likeness (QED) is 0.826. The Morgan fingerprint density at radius 3 is 2.40 bits per heavy atom. The summed E-state index contributed by atoms with van der Waals surface area (Å²) in [5.41, 5.74) is 0.950. The van der Waals surface area contributed by atoms with Gasteiger partial charge in [0.15, 0.2) is 11.6 Å². The Morgan fingerprint density at radius 1 is 1.33 bits per heavy atom. The van der Waals surface area contributed by atoms with Gasteiger partial charge in [0.1, 0.15) is 0 Å². The molecule has 0 aliphatic rings. The second kappa shape index (κ2) is 5.12. The summed E-state index contributed by atoms with van der Waals surface area (Å²) in [6.07, 6.45) is 0. The molecule has 0 spiro atoms. The van der Waals surface area contributed by atoms with Crippen molar-refractivity contribution in [1.82, 2.24) is 5.32 Å². The SMILES string of the molecule is CNC(c1ccc(OC)c(F)c1)C(C)C. The number of rotatable bonds is 4. The van der Waals surface area contributed by atoms with Crippen LogP contribution in [0.15, 0.2) is 18.2 Å². The zero-order valence-corrected chi connectivity index (χ0v) is 9.67. The van der Waals surface area contributed by atoms with Crippen molar-refractivity contribution in [2.24, 2.45) is 5.92 Å². The monoisotopic (exact) mass is 211 g/mol. The van der Waals surface area contributed by atoms with Crippen LogP contribution in [0.25, 0.3) is 0 Å². The normalized spacial score (nSPS) is 12.9. The van der Waals surface area contributed by atoms with Crippen LogP contribution in [0.5, 0.6) is 5.75 Å². The van der Waals surface area contributed by atoms with Crippen LogP contribution in [-0.4, -0.2) is 14.2 Å². The van der Waals surface area contributed by atoms with Gasteiger partial charge in [0.2, 0.25) is 0 Å². The third-order valence-corrected chi connectivity index (χ3v) is 2.51. The number of hydrogen-bond donors (Lipinski definition) is 1. The Kier molecular flexibility index (Phi) is 4.09. The molecule has 0 bridgehead atoms. The molecular weight excluding hydrogens is 193 g/mol. The molecular formula is C12H18FNO. The van der Waals surface area contributed by atoms with Crippen LogP contribution >= 0.6 is 0 Å². The molecule has 1 aromatic carbocycles. The second-order valence-electron chi connectivity index (χ2n) is 3.90. The first-order chi connectivity index (χ1) is 7.10. The van der Waals surface area contributed by atoms with Crippen molar-refractivity contribution in [2.75, 3.05) is 14.2 Å². The molecule has 0 aliphatic carbocycles. The summed E-state index contributed by atoms with van der Waals surface area (Å²) in [5, 5.41) is 3.17. The molecule has 15 heavy (non-hydrogen) atoms. The van der Waals surface area contributed by atoms with Crippen molar-refractivity contribution in [2.45, 2.75) is 19.9 Å². The topological polar surface area (TPSA) is 21.3 Å². The van der Waals surface area contributed by atoms with E-state index in [-0.39, 0.29) is 17.6 Å². The van der Waals surface area contributed by atoms with Gasteiger partial charge in [-0.3, -0.25) is 0 Å². The fourth-order valence-electron chi connectivity index (χ4n) is 1.76. The Hall–Kier alpha value is -1.09. The van der Waals surface area contributed by atoms with Crippen LogP contribution in [0.2, 0.25) is 0 Å². The number of methoxy groups -OCH3 is 1. The van der Waals surface area contributed by atoms with Crippen LogP contribution < -0.4 is 10.1 Å². The van der Waals surface area contributed by atoms with E-state index in [0.717, 1.165) is 5.56 Å². The van der Waals surface area contributed by atoms with Gasteiger partial charge in [0, 0.05) is 6.04 Å². The number of nitrogens with one attached hydrogen (secondary N) is 1. The van der Waals surface area contributed by atoms with Gasteiger partial charge >= 0.3 is 0 Å². The lowest BCUT2D eigenvalue weighted by molar-refractivity contribution is 0.383. The zero-order chi connectivity index (χ0) is 11.4. The van der Waals surface area contributed by atoms with Crippen LogP contribution in [0.3, 0.4) is 0 Å². The summed E-state index contributed by atoms with van der Waals surface area (Å²) in [4.78, 5) is 0. The molecule has 0 amide bonds. The minimum absolute atomic E-state index is 0.172. The van der Waals surface area contributed by atoms with Gasteiger partial charge in [-0.25, -0.2) is 4.39 Å². The highest BCUT2D eigenvalue weighted by atomic mass is 19.1. The zero-order valence-electron chi connectivity index (χ0n) is 9.67. The van der Waals surface area contributed by atoms with Crippen molar-refractivity contribution >= 4 is 0 Å². The molecule has 1 atom stereocenters. The molecule has 0 saturated heterocycles. The van der Waals surface area contributed by atoms with Crippen molar-refractivity contribution in [3.63, 3.8) is 0 Å². The highest BCUT2D eigenvalue weighted by Gasteiger charge is 2.15. The summed E-state index contributed by atoms with van der Waals surface area (Å²) < 4.78 is 18.3. The average Bonchev–Trinajstić information content (AvgIpc) is 2.18. The maximum atomic E-state index is 13.5. The van der Waals surface area contributed by atoms with E-state index in [1.54, 1.807) is 6.07 Å². The lowest BCUT2D eigenvalue weighted by Crippen LogP contribution is -2.21. The maximum absolute atomic E-state index is 13.5. The summed E-state index contributed by atoms with van der Waals surface area (Å²) in [5.74, 6) is 0.399. The molecule has 1 aromatic rings. The fraction of sp³-hybridized carbons (Fsp3) is 0.500. The van der Waals surface area contributed by atoms with Crippen molar-refractivity contribution in [1.29, 1.82) is 0 Å². The fourth-order valence-corrected chi connectivity index (χ4v) is 1.76. The highest BCUT2D eigenvalue weighted by Crippen LogP contribution is 2.25. The first kappa shape index (κ1) is 12.0. The van der Waals surface area contributed by atoms with Gasteiger partial charge in [0.05, 0.1) is 7.11 Å². The minimum Gasteiger partial charge on any atom is -0.494 e. The van der Waals surface area contributed by atoms with Gasteiger partial charge < -0.3 is 10.1 Å². The van der Waals surface area contributed by atoms with Gasteiger partial charge in [-0.1, -0.05) is 19.9 Å². The average molecular weight is 211 g/mol. The van der Waals surface area contributed by atoms with E-state index in [1.165, 1.54) is 13.2 Å². The molecule has 1 unspecified atom stereocenters. The second-order valence-corrected chi connectivity index (χ2v) is 3.90. The predicted molar refractivity (Wildman–Crippen MR) is 59.6 cm³/mol. The molecule has 3 heteroatoms. The number of ether oxygens (including phenoxy) is 1. The molecule has 0 heterocycles. The maximum Gasteiger partial charge on any atom is 0.165 e. The molecule has 0 aromatic heterocycles. The number of hydrogen-bond acceptors (Lipinski definition) is 2. The summed E-state index contributed by atoms with van der Waals surface area (Å²) in [7, 11) is 3.35. The summed E-state index contributed by atoms with van der Waals surface area (Å²) in [6, 6.07) is 5.26. The third kappa shape index (κ3) is 2.69. The van der Waals surface area contributed by atoms with Crippen LogP contribution in [-0.2, 0) is 0 Å². The smallest absolute Gasteiger partial charge is 0.165 e. The van der Waals surface area contributed by atoms with E-state index in [9.17, 15) is 4.39 Å². The summed E-state index contributed by atoms with van der Waals surface area (Å²) >= 11 is 0. The number of halogens is 1. The standard InChI is InChI=1S/C12H18FNO/c1-8(2)12(14-3)9-5-6-11(15-4)10(13)7-9/h5-8,12,14H,1-4H3. The lowest BCUT2D eigenvalue weighted by atomic mass is 9.96. The molecule has 0 fully saturated rings. The van der Waals surface area contributed by atoms with Crippen LogP contribution in [0.4, 0.5) is 4.39 Å².